The van der Waals surface area contributed by atoms with Crippen LogP contribution in [0.25, 0.3) is 0 Å². The van der Waals surface area contributed by atoms with E-state index < -0.39 is 5.91 Å². The molecule has 0 bridgehead atoms. The molecule has 0 saturated carbocycles. The predicted molar refractivity (Wildman–Crippen MR) is 76.2 cm³/mol. The van der Waals surface area contributed by atoms with Gasteiger partial charge >= 0.3 is 0 Å². The molecule has 0 atom stereocenters. The summed E-state index contributed by atoms with van der Waals surface area (Å²) >= 11 is 0. The molecule has 2 rings (SSSR count). The number of rotatable bonds is 3. The Kier molecular flexibility index (Phi) is 4.32. The summed E-state index contributed by atoms with van der Waals surface area (Å²) in [4.78, 5) is 27.5. The second-order valence-electron chi connectivity index (χ2n) is 4.69. The molecule has 0 radical (unpaired) electrons. The summed E-state index contributed by atoms with van der Waals surface area (Å²) in [5.74, 6) is -0.706. The standard InChI is InChI=1S/C14H17N5O2/c1-9-12(10(2)19(3)18-9)7-13(20)16-17-14(21)11-5-4-6-15-8-11/h4-6,8H,7H2,1-3H3,(H,16,20)(H,17,21). The fourth-order valence-corrected chi connectivity index (χ4v) is 1.97. The van der Waals surface area contributed by atoms with E-state index in [1.807, 2.05) is 20.9 Å². The van der Waals surface area contributed by atoms with Crippen LogP contribution in [0.3, 0.4) is 0 Å². The molecule has 2 amide bonds. The van der Waals surface area contributed by atoms with Gasteiger partial charge in [0.05, 0.1) is 17.7 Å². The first-order valence-electron chi connectivity index (χ1n) is 6.47. The van der Waals surface area contributed by atoms with Crippen molar-refractivity contribution in [2.75, 3.05) is 0 Å². The SMILES string of the molecule is Cc1nn(C)c(C)c1CC(=O)NNC(=O)c1cccnc1. The molecular formula is C14H17N5O2. The maximum Gasteiger partial charge on any atom is 0.271 e. The molecule has 0 aliphatic heterocycles. The van der Waals surface area contributed by atoms with Gasteiger partial charge in [-0.3, -0.25) is 30.1 Å². The van der Waals surface area contributed by atoms with Gasteiger partial charge in [0.2, 0.25) is 5.91 Å². The van der Waals surface area contributed by atoms with E-state index in [9.17, 15) is 9.59 Å². The Morgan fingerprint density at radius 3 is 2.62 bits per heavy atom. The van der Waals surface area contributed by atoms with Gasteiger partial charge in [0, 0.05) is 30.7 Å². The van der Waals surface area contributed by atoms with Gasteiger partial charge < -0.3 is 0 Å². The van der Waals surface area contributed by atoms with Gasteiger partial charge in [0.25, 0.3) is 5.91 Å². The van der Waals surface area contributed by atoms with Crippen molar-refractivity contribution < 1.29 is 9.59 Å². The molecule has 0 aliphatic carbocycles. The lowest BCUT2D eigenvalue weighted by molar-refractivity contribution is -0.121. The average Bonchev–Trinajstić information content (AvgIpc) is 2.72. The lowest BCUT2D eigenvalue weighted by Crippen LogP contribution is -2.42. The molecule has 110 valence electrons. The molecule has 2 aromatic rings. The van der Waals surface area contributed by atoms with Gasteiger partial charge in [-0.25, -0.2) is 0 Å². The number of hydrogen-bond acceptors (Lipinski definition) is 4. The molecule has 7 nitrogen and oxygen atoms in total. The highest BCUT2D eigenvalue weighted by Crippen LogP contribution is 2.12. The summed E-state index contributed by atoms with van der Waals surface area (Å²) in [5, 5.41) is 4.25. The minimum Gasteiger partial charge on any atom is -0.273 e. The van der Waals surface area contributed by atoms with Crippen LogP contribution in [0.2, 0.25) is 0 Å². The number of carbonyl (C=O) groups is 2. The molecule has 0 spiro atoms. The molecular weight excluding hydrogens is 270 g/mol. The normalized spacial score (nSPS) is 10.2. The van der Waals surface area contributed by atoms with E-state index in [0.717, 1.165) is 17.0 Å². The summed E-state index contributed by atoms with van der Waals surface area (Å²) in [6, 6.07) is 3.27. The third-order valence-corrected chi connectivity index (χ3v) is 3.24. The van der Waals surface area contributed by atoms with Crippen LogP contribution in [0.1, 0.15) is 27.3 Å². The van der Waals surface area contributed by atoms with E-state index in [1.165, 1.54) is 6.20 Å². The number of aryl methyl sites for hydroxylation is 2. The number of hydrazine groups is 1. The van der Waals surface area contributed by atoms with Crippen molar-refractivity contribution in [1.29, 1.82) is 0 Å². The van der Waals surface area contributed by atoms with Crippen LogP contribution in [0.4, 0.5) is 0 Å². The first-order chi connectivity index (χ1) is 9.99. The van der Waals surface area contributed by atoms with E-state index >= 15 is 0 Å². The van der Waals surface area contributed by atoms with Crippen molar-refractivity contribution in [3.63, 3.8) is 0 Å². The molecule has 7 heteroatoms. The summed E-state index contributed by atoms with van der Waals surface area (Å²) in [6.07, 6.45) is 3.17. The summed E-state index contributed by atoms with van der Waals surface area (Å²) in [6.45, 7) is 3.75. The van der Waals surface area contributed by atoms with Crippen LogP contribution in [-0.4, -0.2) is 26.6 Å². The largest absolute Gasteiger partial charge is 0.273 e. The smallest absolute Gasteiger partial charge is 0.271 e. The number of nitrogens with zero attached hydrogens (tertiary/aromatic N) is 3. The van der Waals surface area contributed by atoms with Crippen molar-refractivity contribution in [3.8, 4) is 0 Å². The first-order valence-corrected chi connectivity index (χ1v) is 6.47. The van der Waals surface area contributed by atoms with Crippen molar-refractivity contribution in [2.24, 2.45) is 7.05 Å². The van der Waals surface area contributed by atoms with Gasteiger partial charge in [0.15, 0.2) is 0 Å². The molecule has 2 aromatic heterocycles. The lowest BCUT2D eigenvalue weighted by atomic mass is 10.1. The van der Waals surface area contributed by atoms with Crippen LogP contribution >= 0.6 is 0 Å². The van der Waals surface area contributed by atoms with E-state index in [4.69, 9.17) is 0 Å². The highest BCUT2D eigenvalue weighted by atomic mass is 16.2. The van der Waals surface area contributed by atoms with Crippen molar-refractivity contribution in [1.82, 2.24) is 25.6 Å². The summed E-state index contributed by atoms with van der Waals surface area (Å²) in [7, 11) is 1.83. The highest BCUT2D eigenvalue weighted by molar-refractivity contribution is 5.95. The summed E-state index contributed by atoms with van der Waals surface area (Å²) < 4.78 is 1.73. The van der Waals surface area contributed by atoms with Crippen LogP contribution in [-0.2, 0) is 18.3 Å². The molecule has 21 heavy (non-hydrogen) atoms. The van der Waals surface area contributed by atoms with Gasteiger partial charge in [-0.15, -0.1) is 0 Å². The Balaban J connectivity index is 1.92. The molecule has 0 fully saturated rings. The monoisotopic (exact) mass is 287 g/mol. The van der Waals surface area contributed by atoms with Gasteiger partial charge in [0.1, 0.15) is 0 Å². The number of aromatic nitrogens is 3. The van der Waals surface area contributed by atoms with Gasteiger partial charge in [-0.2, -0.15) is 5.10 Å². The predicted octanol–water partition coefficient (Wildman–Crippen LogP) is 0.436. The summed E-state index contributed by atoms with van der Waals surface area (Å²) in [5.41, 5.74) is 7.74. The van der Waals surface area contributed by atoms with Crippen molar-refractivity contribution in [2.45, 2.75) is 20.3 Å². The van der Waals surface area contributed by atoms with E-state index in [2.05, 4.69) is 20.9 Å². The topological polar surface area (TPSA) is 88.9 Å². The van der Waals surface area contributed by atoms with Crippen LogP contribution < -0.4 is 10.9 Å². The van der Waals surface area contributed by atoms with Gasteiger partial charge in [-0.05, 0) is 26.0 Å². The van der Waals surface area contributed by atoms with E-state index in [-0.39, 0.29) is 12.3 Å². The van der Waals surface area contributed by atoms with E-state index in [1.54, 1.807) is 23.0 Å². The van der Waals surface area contributed by atoms with E-state index in [0.29, 0.717) is 5.56 Å². The average molecular weight is 287 g/mol. The zero-order chi connectivity index (χ0) is 15.4. The number of amides is 2. The minimum atomic E-state index is -0.406. The molecule has 0 saturated heterocycles. The Labute approximate surface area is 122 Å². The lowest BCUT2D eigenvalue weighted by Gasteiger charge is -2.07. The molecule has 0 aliphatic rings. The number of pyridine rings is 1. The molecule has 0 aromatic carbocycles. The van der Waals surface area contributed by atoms with Crippen molar-refractivity contribution >= 4 is 11.8 Å². The number of nitrogens with one attached hydrogen (secondary N) is 2. The number of carbonyl (C=O) groups excluding carboxylic acids is 2. The van der Waals surface area contributed by atoms with Crippen LogP contribution in [0, 0.1) is 13.8 Å². The zero-order valence-electron chi connectivity index (χ0n) is 12.2. The Morgan fingerprint density at radius 2 is 2.05 bits per heavy atom. The maximum atomic E-state index is 11.9. The second kappa shape index (κ2) is 6.17. The second-order valence-corrected chi connectivity index (χ2v) is 4.69. The quantitative estimate of drug-likeness (QED) is 0.801. The third-order valence-electron chi connectivity index (χ3n) is 3.24. The molecule has 2 heterocycles. The Hall–Kier alpha value is -2.70. The number of hydrogen-bond donors (Lipinski definition) is 2. The van der Waals surface area contributed by atoms with Gasteiger partial charge in [-0.1, -0.05) is 0 Å². The Morgan fingerprint density at radius 1 is 1.29 bits per heavy atom. The minimum absolute atomic E-state index is 0.166. The first kappa shape index (κ1) is 14.7. The van der Waals surface area contributed by atoms with Crippen LogP contribution in [0.5, 0.6) is 0 Å². The molecule has 0 unspecified atom stereocenters. The highest BCUT2D eigenvalue weighted by Gasteiger charge is 2.14. The van der Waals surface area contributed by atoms with Crippen molar-refractivity contribution in [3.05, 3.63) is 47.0 Å². The third kappa shape index (κ3) is 3.44. The molecule has 2 N–H and O–H groups in total. The fourth-order valence-electron chi connectivity index (χ4n) is 1.97. The maximum absolute atomic E-state index is 11.9. The Bertz CT molecular complexity index is 664. The fraction of sp³-hybridized carbons (Fsp3) is 0.286. The zero-order valence-corrected chi connectivity index (χ0v) is 12.2. The van der Waals surface area contributed by atoms with Crippen LogP contribution in [0.15, 0.2) is 24.5 Å².